The molecule has 0 aliphatic heterocycles. The summed E-state index contributed by atoms with van der Waals surface area (Å²) in [5.41, 5.74) is 4.66. The molecule has 0 atom stereocenters. The van der Waals surface area contributed by atoms with E-state index < -0.39 is 0 Å². The van der Waals surface area contributed by atoms with E-state index >= 15 is 0 Å². The fourth-order valence-corrected chi connectivity index (χ4v) is 2.28. The van der Waals surface area contributed by atoms with Gasteiger partial charge in [0, 0.05) is 19.2 Å². The van der Waals surface area contributed by atoms with Crippen molar-refractivity contribution in [3.05, 3.63) is 46.8 Å². The summed E-state index contributed by atoms with van der Waals surface area (Å²) in [5.74, 6) is 0.945. The average molecular weight is 287 g/mol. The number of benzene rings is 1. The van der Waals surface area contributed by atoms with Crippen LogP contribution >= 0.6 is 0 Å². The van der Waals surface area contributed by atoms with Crippen LogP contribution in [0.15, 0.2) is 24.3 Å². The van der Waals surface area contributed by atoms with Crippen molar-refractivity contribution in [1.82, 2.24) is 15.1 Å². The first-order valence-electron chi connectivity index (χ1n) is 7.58. The molecule has 0 spiro atoms. The molecular weight excluding hydrogens is 262 g/mol. The predicted octanol–water partition coefficient (Wildman–Crippen LogP) is 2.98. The number of aromatic nitrogens is 2. The van der Waals surface area contributed by atoms with E-state index in [0.29, 0.717) is 6.61 Å². The van der Waals surface area contributed by atoms with E-state index in [0.717, 1.165) is 36.6 Å². The van der Waals surface area contributed by atoms with E-state index in [4.69, 9.17) is 4.74 Å². The second kappa shape index (κ2) is 7.27. The van der Waals surface area contributed by atoms with E-state index in [1.54, 1.807) is 0 Å². The molecule has 0 aliphatic carbocycles. The molecule has 0 fully saturated rings. The minimum absolute atomic E-state index is 0.547. The molecule has 0 radical (unpaired) electrons. The molecule has 0 aliphatic rings. The average Bonchev–Trinajstić information content (AvgIpc) is 2.84. The zero-order valence-electron chi connectivity index (χ0n) is 13.4. The molecule has 2 aromatic rings. The highest BCUT2D eigenvalue weighted by Gasteiger charge is 2.08. The van der Waals surface area contributed by atoms with Gasteiger partial charge in [-0.25, -0.2) is 0 Å². The molecule has 0 unspecified atom stereocenters. The summed E-state index contributed by atoms with van der Waals surface area (Å²) in [5, 5.41) is 7.81. The zero-order chi connectivity index (χ0) is 15.2. The largest absolute Gasteiger partial charge is 0.487 e. The van der Waals surface area contributed by atoms with E-state index in [2.05, 4.69) is 55.5 Å². The smallest absolute Gasteiger partial charge is 0.130 e. The van der Waals surface area contributed by atoms with Crippen molar-refractivity contribution < 1.29 is 4.74 Å². The number of hydrogen-bond donors (Lipinski definition) is 1. The van der Waals surface area contributed by atoms with Crippen molar-refractivity contribution >= 4 is 0 Å². The molecule has 0 saturated heterocycles. The van der Waals surface area contributed by atoms with Gasteiger partial charge >= 0.3 is 0 Å². The van der Waals surface area contributed by atoms with Crippen LogP contribution in [0.4, 0.5) is 0 Å². The summed E-state index contributed by atoms with van der Waals surface area (Å²) < 4.78 is 7.91. The third-order valence-electron chi connectivity index (χ3n) is 3.55. The van der Waals surface area contributed by atoms with Crippen molar-refractivity contribution in [2.24, 2.45) is 7.05 Å². The maximum absolute atomic E-state index is 6.01. The van der Waals surface area contributed by atoms with Crippen LogP contribution in [0.1, 0.15) is 36.4 Å². The quantitative estimate of drug-likeness (QED) is 0.851. The lowest BCUT2D eigenvalue weighted by molar-refractivity contribution is 0.291. The lowest BCUT2D eigenvalue weighted by Crippen LogP contribution is -2.13. The first-order chi connectivity index (χ1) is 10.1. The van der Waals surface area contributed by atoms with Gasteiger partial charge in [-0.1, -0.05) is 31.5 Å². The van der Waals surface area contributed by atoms with E-state index in [-0.39, 0.29) is 0 Å². The predicted molar refractivity (Wildman–Crippen MR) is 85.5 cm³/mol. The molecule has 21 heavy (non-hydrogen) atoms. The Hall–Kier alpha value is -1.81. The van der Waals surface area contributed by atoms with Gasteiger partial charge in [-0.15, -0.1) is 0 Å². The SMILES string of the molecule is CCNCc1cc(C)ccc1OCc1cc(CC)nn1C. The zero-order valence-corrected chi connectivity index (χ0v) is 13.4. The Labute approximate surface area is 127 Å². The van der Waals surface area contributed by atoms with Crippen LogP contribution in [-0.2, 0) is 26.6 Å². The number of rotatable bonds is 7. The van der Waals surface area contributed by atoms with Gasteiger partial charge in [0.1, 0.15) is 12.4 Å². The highest BCUT2D eigenvalue weighted by Crippen LogP contribution is 2.21. The van der Waals surface area contributed by atoms with Gasteiger partial charge in [-0.05, 0) is 32.0 Å². The summed E-state index contributed by atoms with van der Waals surface area (Å²) in [6.07, 6.45) is 0.948. The first kappa shape index (κ1) is 15.6. The van der Waals surface area contributed by atoms with Crippen LogP contribution in [0.25, 0.3) is 0 Å². The monoisotopic (exact) mass is 287 g/mol. The number of ether oxygens (including phenoxy) is 1. The van der Waals surface area contributed by atoms with Crippen molar-refractivity contribution in [3.8, 4) is 5.75 Å². The molecular formula is C17H25N3O. The normalized spacial score (nSPS) is 10.9. The van der Waals surface area contributed by atoms with E-state index in [1.165, 1.54) is 11.1 Å². The molecule has 4 heteroatoms. The Morgan fingerprint density at radius 3 is 2.71 bits per heavy atom. The van der Waals surface area contributed by atoms with Gasteiger partial charge in [0.15, 0.2) is 0 Å². The van der Waals surface area contributed by atoms with Gasteiger partial charge in [0.05, 0.1) is 11.4 Å². The molecule has 1 aromatic heterocycles. The number of aryl methyl sites for hydroxylation is 3. The second-order valence-electron chi connectivity index (χ2n) is 5.28. The van der Waals surface area contributed by atoms with Crippen molar-refractivity contribution in [2.45, 2.75) is 40.3 Å². The number of hydrogen-bond acceptors (Lipinski definition) is 3. The Bertz CT molecular complexity index is 590. The molecule has 114 valence electrons. The number of nitrogens with zero attached hydrogens (tertiary/aromatic N) is 2. The second-order valence-corrected chi connectivity index (χ2v) is 5.28. The summed E-state index contributed by atoms with van der Waals surface area (Å²) in [6.45, 7) is 8.66. The lowest BCUT2D eigenvalue weighted by Gasteiger charge is -2.13. The minimum atomic E-state index is 0.547. The van der Waals surface area contributed by atoms with Crippen LogP contribution in [0, 0.1) is 6.92 Å². The van der Waals surface area contributed by atoms with E-state index in [9.17, 15) is 0 Å². The minimum Gasteiger partial charge on any atom is -0.487 e. The summed E-state index contributed by atoms with van der Waals surface area (Å²) >= 11 is 0. The molecule has 0 saturated carbocycles. The van der Waals surface area contributed by atoms with Gasteiger partial charge in [-0.3, -0.25) is 4.68 Å². The molecule has 1 aromatic carbocycles. The third-order valence-corrected chi connectivity index (χ3v) is 3.55. The van der Waals surface area contributed by atoms with Gasteiger partial charge < -0.3 is 10.1 Å². The molecule has 1 heterocycles. The number of nitrogens with one attached hydrogen (secondary N) is 1. The van der Waals surface area contributed by atoms with Gasteiger partial charge in [0.2, 0.25) is 0 Å². The topological polar surface area (TPSA) is 39.1 Å². The van der Waals surface area contributed by atoms with Crippen molar-refractivity contribution in [1.29, 1.82) is 0 Å². The van der Waals surface area contributed by atoms with Crippen LogP contribution in [0.5, 0.6) is 5.75 Å². The summed E-state index contributed by atoms with van der Waals surface area (Å²) in [6, 6.07) is 8.43. The fourth-order valence-electron chi connectivity index (χ4n) is 2.28. The highest BCUT2D eigenvalue weighted by atomic mass is 16.5. The first-order valence-corrected chi connectivity index (χ1v) is 7.58. The third kappa shape index (κ3) is 4.08. The fraction of sp³-hybridized carbons (Fsp3) is 0.471. The Morgan fingerprint density at radius 1 is 1.24 bits per heavy atom. The Balaban J connectivity index is 2.09. The summed E-state index contributed by atoms with van der Waals surface area (Å²) in [7, 11) is 1.96. The van der Waals surface area contributed by atoms with Crippen molar-refractivity contribution in [2.75, 3.05) is 6.54 Å². The summed E-state index contributed by atoms with van der Waals surface area (Å²) in [4.78, 5) is 0. The maximum Gasteiger partial charge on any atom is 0.130 e. The Morgan fingerprint density at radius 2 is 2.05 bits per heavy atom. The standard InChI is InChI=1S/C17H25N3O/c1-5-15-10-16(20(4)19-15)12-21-17-8-7-13(3)9-14(17)11-18-6-2/h7-10,18H,5-6,11-12H2,1-4H3. The van der Waals surface area contributed by atoms with Crippen LogP contribution in [0.2, 0.25) is 0 Å². The van der Waals surface area contributed by atoms with Crippen LogP contribution in [-0.4, -0.2) is 16.3 Å². The van der Waals surface area contributed by atoms with Gasteiger partial charge in [-0.2, -0.15) is 5.10 Å². The molecule has 1 N–H and O–H groups in total. The lowest BCUT2D eigenvalue weighted by atomic mass is 10.1. The molecule has 0 bridgehead atoms. The molecule has 2 rings (SSSR count). The molecule has 0 amide bonds. The van der Waals surface area contributed by atoms with Crippen LogP contribution in [0.3, 0.4) is 0 Å². The Kier molecular flexibility index (Phi) is 5.39. The molecule has 4 nitrogen and oxygen atoms in total. The maximum atomic E-state index is 6.01. The highest BCUT2D eigenvalue weighted by molar-refractivity contribution is 5.37. The van der Waals surface area contributed by atoms with E-state index in [1.807, 2.05) is 11.7 Å². The van der Waals surface area contributed by atoms with Crippen molar-refractivity contribution in [3.63, 3.8) is 0 Å². The van der Waals surface area contributed by atoms with Crippen LogP contribution < -0.4 is 10.1 Å². The van der Waals surface area contributed by atoms with Gasteiger partial charge in [0.25, 0.3) is 0 Å².